The summed E-state index contributed by atoms with van der Waals surface area (Å²) in [6.45, 7) is 4.12. The molecule has 2 heterocycles. The SMILES string of the molecule is Cc1nn(-c2ccccc2)c(N2CCCCCC2)c1CO. The van der Waals surface area contributed by atoms with Crippen LogP contribution in [0.4, 0.5) is 5.82 Å². The summed E-state index contributed by atoms with van der Waals surface area (Å²) in [4.78, 5) is 2.39. The molecule has 4 nitrogen and oxygen atoms in total. The summed E-state index contributed by atoms with van der Waals surface area (Å²) in [5.41, 5.74) is 2.93. The molecule has 1 aliphatic rings. The quantitative estimate of drug-likeness (QED) is 0.942. The average Bonchev–Trinajstić information content (AvgIpc) is 2.69. The van der Waals surface area contributed by atoms with Crippen molar-refractivity contribution < 1.29 is 5.11 Å². The summed E-state index contributed by atoms with van der Waals surface area (Å²) in [5, 5.41) is 14.5. The van der Waals surface area contributed by atoms with Crippen LogP contribution in [0.15, 0.2) is 30.3 Å². The number of hydrogen-bond donors (Lipinski definition) is 1. The summed E-state index contributed by atoms with van der Waals surface area (Å²) in [7, 11) is 0. The first-order valence-corrected chi connectivity index (χ1v) is 7.81. The number of aromatic nitrogens is 2. The number of para-hydroxylation sites is 1. The van der Waals surface area contributed by atoms with E-state index in [2.05, 4.69) is 22.1 Å². The van der Waals surface area contributed by atoms with Gasteiger partial charge in [-0.15, -0.1) is 0 Å². The second-order valence-electron chi connectivity index (χ2n) is 5.69. The van der Waals surface area contributed by atoms with Gasteiger partial charge < -0.3 is 10.0 Å². The third kappa shape index (κ3) is 2.81. The van der Waals surface area contributed by atoms with Crippen LogP contribution in [0.2, 0.25) is 0 Å². The highest BCUT2D eigenvalue weighted by Crippen LogP contribution is 2.29. The van der Waals surface area contributed by atoms with Crippen molar-refractivity contribution in [2.24, 2.45) is 0 Å². The van der Waals surface area contributed by atoms with Gasteiger partial charge in [0.1, 0.15) is 5.82 Å². The van der Waals surface area contributed by atoms with Crippen LogP contribution in [0.3, 0.4) is 0 Å². The minimum atomic E-state index is 0.0461. The lowest BCUT2D eigenvalue weighted by atomic mass is 10.2. The van der Waals surface area contributed by atoms with Crippen molar-refractivity contribution in [1.29, 1.82) is 0 Å². The van der Waals surface area contributed by atoms with Crippen molar-refractivity contribution in [3.8, 4) is 5.69 Å². The molecule has 4 heteroatoms. The molecule has 0 saturated carbocycles. The van der Waals surface area contributed by atoms with Crippen molar-refractivity contribution >= 4 is 5.82 Å². The van der Waals surface area contributed by atoms with Gasteiger partial charge in [0.05, 0.1) is 18.0 Å². The van der Waals surface area contributed by atoms with Crippen LogP contribution in [-0.2, 0) is 6.61 Å². The van der Waals surface area contributed by atoms with E-state index in [1.807, 2.05) is 29.8 Å². The Balaban J connectivity index is 2.07. The number of hydrogen-bond acceptors (Lipinski definition) is 3. The maximum absolute atomic E-state index is 9.78. The van der Waals surface area contributed by atoms with E-state index < -0.39 is 0 Å². The number of aryl methyl sites for hydroxylation is 1. The predicted octanol–water partition coefficient (Wildman–Crippen LogP) is 3.05. The van der Waals surface area contributed by atoms with Crippen LogP contribution >= 0.6 is 0 Å². The van der Waals surface area contributed by atoms with Crippen molar-refractivity contribution in [3.63, 3.8) is 0 Å². The fourth-order valence-electron chi connectivity index (χ4n) is 3.09. The second kappa shape index (κ2) is 6.31. The third-order valence-corrected chi connectivity index (χ3v) is 4.22. The largest absolute Gasteiger partial charge is 0.391 e. The highest BCUT2D eigenvalue weighted by Gasteiger charge is 2.22. The van der Waals surface area contributed by atoms with Crippen LogP contribution in [0.25, 0.3) is 5.69 Å². The number of nitrogens with zero attached hydrogens (tertiary/aromatic N) is 3. The zero-order valence-corrected chi connectivity index (χ0v) is 12.6. The van der Waals surface area contributed by atoms with Gasteiger partial charge in [0, 0.05) is 18.7 Å². The topological polar surface area (TPSA) is 41.3 Å². The molecular weight excluding hydrogens is 262 g/mol. The molecule has 21 heavy (non-hydrogen) atoms. The minimum absolute atomic E-state index is 0.0461. The van der Waals surface area contributed by atoms with Crippen molar-refractivity contribution in [1.82, 2.24) is 9.78 Å². The van der Waals surface area contributed by atoms with Gasteiger partial charge in [-0.25, -0.2) is 4.68 Å². The molecule has 0 bridgehead atoms. The number of benzene rings is 1. The maximum atomic E-state index is 9.78. The van der Waals surface area contributed by atoms with Gasteiger partial charge in [0.15, 0.2) is 0 Å². The van der Waals surface area contributed by atoms with Crippen molar-refractivity contribution in [2.75, 3.05) is 18.0 Å². The summed E-state index contributed by atoms with van der Waals surface area (Å²) in [6, 6.07) is 10.2. The molecule has 0 atom stereocenters. The van der Waals surface area contributed by atoms with Crippen molar-refractivity contribution in [2.45, 2.75) is 39.2 Å². The van der Waals surface area contributed by atoms with Crippen molar-refractivity contribution in [3.05, 3.63) is 41.6 Å². The van der Waals surface area contributed by atoms with Gasteiger partial charge in [-0.05, 0) is 31.9 Å². The van der Waals surface area contributed by atoms with Gasteiger partial charge in [-0.1, -0.05) is 31.0 Å². The summed E-state index contributed by atoms with van der Waals surface area (Å²) in [5.74, 6) is 1.07. The third-order valence-electron chi connectivity index (χ3n) is 4.22. The van der Waals surface area contributed by atoms with Crippen LogP contribution < -0.4 is 4.90 Å². The second-order valence-corrected chi connectivity index (χ2v) is 5.69. The molecule has 2 aromatic rings. The smallest absolute Gasteiger partial charge is 0.138 e. The molecular formula is C17H23N3O. The normalized spacial score (nSPS) is 16.0. The van der Waals surface area contributed by atoms with Gasteiger partial charge >= 0.3 is 0 Å². The first-order chi connectivity index (χ1) is 10.3. The lowest BCUT2D eigenvalue weighted by Crippen LogP contribution is -2.27. The standard InChI is InChI=1S/C17H23N3O/c1-14-16(13-21)17(19-11-7-2-3-8-12-19)20(18-14)15-9-5-4-6-10-15/h4-6,9-10,21H,2-3,7-8,11-13H2,1H3. The lowest BCUT2D eigenvalue weighted by Gasteiger charge is -2.24. The molecule has 0 radical (unpaired) electrons. The van der Waals surface area contributed by atoms with Gasteiger partial charge in [-0.2, -0.15) is 5.10 Å². The van der Waals surface area contributed by atoms with E-state index in [0.29, 0.717) is 0 Å². The average molecular weight is 285 g/mol. The first-order valence-electron chi connectivity index (χ1n) is 7.81. The van der Waals surface area contributed by atoms with Crippen LogP contribution in [0.5, 0.6) is 0 Å². The molecule has 0 amide bonds. The van der Waals surface area contributed by atoms with Gasteiger partial charge in [0.25, 0.3) is 0 Å². The van der Waals surface area contributed by atoms with Crippen LogP contribution in [-0.4, -0.2) is 28.0 Å². The molecule has 1 fully saturated rings. The van der Waals surface area contributed by atoms with E-state index in [4.69, 9.17) is 0 Å². The number of rotatable bonds is 3. The van der Waals surface area contributed by atoms with Crippen LogP contribution in [0.1, 0.15) is 36.9 Å². The van der Waals surface area contributed by atoms with E-state index >= 15 is 0 Å². The first kappa shape index (κ1) is 14.1. The van der Waals surface area contributed by atoms with E-state index in [9.17, 15) is 5.11 Å². The summed E-state index contributed by atoms with van der Waals surface area (Å²) < 4.78 is 1.99. The highest BCUT2D eigenvalue weighted by atomic mass is 16.3. The number of aliphatic hydroxyl groups excluding tert-OH is 1. The fraction of sp³-hybridized carbons (Fsp3) is 0.471. The Bertz CT molecular complexity index is 584. The highest BCUT2D eigenvalue weighted by molar-refractivity contribution is 5.55. The molecule has 1 aliphatic heterocycles. The Kier molecular flexibility index (Phi) is 4.25. The minimum Gasteiger partial charge on any atom is -0.391 e. The Morgan fingerprint density at radius 1 is 1.05 bits per heavy atom. The molecule has 0 spiro atoms. The maximum Gasteiger partial charge on any atom is 0.138 e. The molecule has 1 aromatic carbocycles. The number of anilines is 1. The van der Waals surface area contributed by atoms with E-state index in [0.717, 1.165) is 35.9 Å². The number of aliphatic hydroxyl groups is 1. The monoisotopic (exact) mass is 285 g/mol. The molecule has 1 saturated heterocycles. The van der Waals surface area contributed by atoms with Crippen LogP contribution in [0, 0.1) is 6.92 Å². The Morgan fingerprint density at radius 3 is 2.33 bits per heavy atom. The molecule has 1 N–H and O–H groups in total. The van der Waals surface area contributed by atoms with Gasteiger partial charge in [-0.3, -0.25) is 0 Å². The molecule has 0 unspecified atom stereocenters. The fourth-order valence-corrected chi connectivity index (χ4v) is 3.09. The molecule has 0 aliphatic carbocycles. The molecule has 112 valence electrons. The molecule has 3 rings (SSSR count). The summed E-state index contributed by atoms with van der Waals surface area (Å²) >= 11 is 0. The lowest BCUT2D eigenvalue weighted by molar-refractivity contribution is 0.281. The Hall–Kier alpha value is -1.81. The van der Waals surface area contributed by atoms with Gasteiger partial charge in [0.2, 0.25) is 0 Å². The summed E-state index contributed by atoms with van der Waals surface area (Å²) in [6.07, 6.45) is 5.01. The Morgan fingerprint density at radius 2 is 1.71 bits per heavy atom. The zero-order chi connectivity index (χ0) is 14.7. The van der Waals surface area contributed by atoms with E-state index in [1.165, 1.54) is 25.7 Å². The zero-order valence-electron chi connectivity index (χ0n) is 12.6. The van der Waals surface area contributed by atoms with E-state index in [1.54, 1.807) is 0 Å². The predicted molar refractivity (Wildman–Crippen MR) is 84.9 cm³/mol. The Labute approximate surface area is 126 Å². The molecule has 1 aromatic heterocycles. The van der Waals surface area contributed by atoms with E-state index in [-0.39, 0.29) is 6.61 Å².